The van der Waals surface area contributed by atoms with Gasteiger partial charge in [-0.25, -0.2) is 0 Å². The number of rotatable bonds is 4. The Morgan fingerprint density at radius 2 is 1.93 bits per heavy atom. The summed E-state index contributed by atoms with van der Waals surface area (Å²) in [5.74, 6) is 0.634. The first-order valence-corrected chi connectivity index (χ1v) is 8.91. The van der Waals surface area contributed by atoms with Crippen molar-refractivity contribution in [1.82, 2.24) is 4.98 Å². The van der Waals surface area contributed by atoms with Crippen molar-refractivity contribution in [2.75, 3.05) is 17.3 Å². The highest BCUT2D eigenvalue weighted by atomic mass is 35.5. The number of aromatic nitrogens is 1. The number of carbonyl (C=O) groups excluding carboxylic acids is 1. The van der Waals surface area contributed by atoms with Gasteiger partial charge in [0, 0.05) is 22.6 Å². The molecule has 5 nitrogen and oxygen atoms in total. The molecule has 1 atom stereocenters. The molecular formula is C21H18ClN3O2. The summed E-state index contributed by atoms with van der Waals surface area (Å²) in [4.78, 5) is 19.2. The number of hydrogen-bond acceptors (Lipinski definition) is 4. The van der Waals surface area contributed by atoms with Gasteiger partial charge in [-0.2, -0.15) is 0 Å². The van der Waals surface area contributed by atoms with E-state index in [2.05, 4.69) is 10.3 Å². The van der Waals surface area contributed by atoms with Crippen LogP contribution in [-0.2, 0) is 0 Å². The molecule has 2 heterocycles. The second-order valence-corrected chi connectivity index (χ2v) is 6.73. The standard InChI is InChI=1S/C21H18ClN3O2/c1-13-5-6-14(12-18(13)22)24-20-19-17(4-3-11-23-19)21(26)25(20)15-7-9-16(27-2)10-8-15/h3-12,20,24H,1-2H3. The molecule has 6 heteroatoms. The van der Waals surface area contributed by atoms with Crippen LogP contribution < -0.4 is 15.0 Å². The molecule has 0 radical (unpaired) electrons. The molecule has 0 saturated carbocycles. The van der Waals surface area contributed by atoms with Crippen molar-refractivity contribution in [2.24, 2.45) is 0 Å². The summed E-state index contributed by atoms with van der Waals surface area (Å²) in [7, 11) is 1.61. The number of methoxy groups -OCH3 is 1. The molecule has 1 aliphatic heterocycles. The highest BCUT2D eigenvalue weighted by molar-refractivity contribution is 6.31. The molecule has 3 aromatic rings. The van der Waals surface area contributed by atoms with Gasteiger partial charge in [-0.15, -0.1) is 0 Å². The number of fused-ring (bicyclic) bond motifs is 1. The summed E-state index contributed by atoms with van der Waals surface area (Å²) in [6, 6.07) is 16.7. The highest BCUT2D eigenvalue weighted by Gasteiger charge is 2.39. The molecule has 0 spiro atoms. The molecule has 1 unspecified atom stereocenters. The fourth-order valence-corrected chi connectivity index (χ4v) is 3.35. The van der Waals surface area contributed by atoms with E-state index in [0.717, 1.165) is 22.7 Å². The van der Waals surface area contributed by atoms with Gasteiger partial charge >= 0.3 is 0 Å². The molecule has 0 aliphatic carbocycles. The van der Waals surface area contributed by atoms with Crippen LogP contribution in [0.5, 0.6) is 5.75 Å². The third-order valence-corrected chi connectivity index (χ3v) is 5.04. The van der Waals surface area contributed by atoms with Crippen molar-refractivity contribution < 1.29 is 9.53 Å². The summed E-state index contributed by atoms with van der Waals surface area (Å²) in [5, 5.41) is 4.07. The summed E-state index contributed by atoms with van der Waals surface area (Å²) >= 11 is 6.26. The first kappa shape index (κ1) is 17.4. The smallest absolute Gasteiger partial charge is 0.262 e. The number of ether oxygens (including phenoxy) is 1. The number of pyridine rings is 1. The van der Waals surface area contributed by atoms with Crippen LogP contribution in [-0.4, -0.2) is 18.0 Å². The molecule has 1 N–H and O–H groups in total. The number of amides is 1. The number of nitrogens with zero attached hydrogens (tertiary/aromatic N) is 2. The average Bonchev–Trinajstić information content (AvgIpc) is 2.97. The Bertz CT molecular complexity index is 1000. The van der Waals surface area contributed by atoms with Crippen molar-refractivity contribution in [3.63, 3.8) is 0 Å². The third-order valence-electron chi connectivity index (χ3n) is 4.63. The maximum absolute atomic E-state index is 13.1. The van der Waals surface area contributed by atoms with Crippen LogP contribution in [0.2, 0.25) is 5.02 Å². The van der Waals surface area contributed by atoms with Crippen LogP contribution in [0.3, 0.4) is 0 Å². The Balaban J connectivity index is 1.76. The number of carbonyl (C=O) groups is 1. The van der Waals surface area contributed by atoms with Gasteiger partial charge < -0.3 is 10.1 Å². The van der Waals surface area contributed by atoms with E-state index in [4.69, 9.17) is 16.3 Å². The van der Waals surface area contributed by atoms with E-state index in [1.807, 2.05) is 49.4 Å². The van der Waals surface area contributed by atoms with E-state index in [9.17, 15) is 4.79 Å². The van der Waals surface area contributed by atoms with Crippen molar-refractivity contribution >= 4 is 28.9 Å². The lowest BCUT2D eigenvalue weighted by atomic mass is 10.2. The largest absolute Gasteiger partial charge is 0.497 e. The van der Waals surface area contributed by atoms with Gasteiger partial charge in [0.1, 0.15) is 5.75 Å². The predicted molar refractivity (Wildman–Crippen MR) is 107 cm³/mol. The van der Waals surface area contributed by atoms with Crippen molar-refractivity contribution in [1.29, 1.82) is 0 Å². The Kier molecular flexibility index (Phi) is 4.46. The molecule has 0 saturated heterocycles. The number of hydrogen-bond donors (Lipinski definition) is 1. The molecule has 2 aromatic carbocycles. The van der Waals surface area contributed by atoms with Gasteiger partial charge in [-0.3, -0.25) is 14.7 Å². The Hall–Kier alpha value is -3.05. The van der Waals surface area contributed by atoms with E-state index in [1.54, 1.807) is 30.3 Å². The lowest BCUT2D eigenvalue weighted by Gasteiger charge is -2.27. The minimum atomic E-state index is -0.430. The number of anilines is 2. The van der Waals surface area contributed by atoms with Gasteiger partial charge in [-0.05, 0) is 61.0 Å². The van der Waals surface area contributed by atoms with Gasteiger partial charge in [0.05, 0.1) is 18.4 Å². The zero-order valence-corrected chi connectivity index (χ0v) is 15.7. The average molecular weight is 380 g/mol. The van der Waals surface area contributed by atoms with E-state index in [0.29, 0.717) is 16.3 Å². The van der Waals surface area contributed by atoms with Crippen molar-refractivity contribution in [3.8, 4) is 5.75 Å². The molecule has 0 fully saturated rings. The number of aryl methyl sites for hydroxylation is 1. The van der Waals surface area contributed by atoms with Gasteiger partial charge in [0.2, 0.25) is 0 Å². The molecule has 1 amide bonds. The molecular weight excluding hydrogens is 362 g/mol. The van der Waals surface area contributed by atoms with Crippen molar-refractivity contribution in [3.05, 3.63) is 82.6 Å². The monoisotopic (exact) mass is 379 g/mol. The quantitative estimate of drug-likeness (QED) is 0.705. The fourth-order valence-electron chi connectivity index (χ4n) is 3.17. The minimum Gasteiger partial charge on any atom is -0.497 e. The van der Waals surface area contributed by atoms with Crippen LogP contribution in [0.25, 0.3) is 0 Å². The molecule has 136 valence electrons. The Morgan fingerprint density at radius 1 is 1.15 bits per heavy atom. The van der Waals surface area contributed by atoms with E-state index < -0.39 is 6.17 Å². The van der Waals surface area contributed by atoms with E-state index in [-0.39, 0.29) is 5.91 Å². The summed E-state index contributed by atoms with van der Waals surface area (Å²) < 4.78 is 5.22. The van der Waals surface area contributed by atoms with Gasteiger partial charge in [0.25, 0.3) is 5.91 Å². The first-order chi connectivity index (χ1) is 13.1. The normalized spacial score (nSPS) is 15.6. The summed E-state index contributed by atoms with van der Waals surface area (Å²) in [6.45, 7) is 1.95. The molecule has 0 bridgehead atoms. The van der Waals surface area contributed by atoms with E-state index in [1.165, 1.54) is 0 Å². The van der Waals surface area contributed by atoms with Gasteiger partial charge in [-0.1, -0.05) is 17.7 Å². The Labute approximate surface area is 162 Å². The maximum Gasteiger partial charge on any atom is 0.262 e. The highest BCUT2D eigenvalue weighted by Crippen LogP contribution is 2.37. The lowest BCUT2D eigenvalue weighted by molar-refractivity contribution is 0.0993. The Morgan fingerprint density at radius 3 is 2.63 bits per heavy atom. The van der Waals surface area contributed by atoms with Gasteiger partial charge in [0.15, 0.2) is 6.17 Å². The van der Waals surface area contributed by atoms with Crippen LogP contribution in [0.1, 0.15) is 27.8 Å². The predicted octanol–water partition coefficient (Wildman–Crippen LogP) is 4.82. The zero-order chi connectivity index (χ0) is 19.0. The number of benzene rings is 2. The van der Waals surface area contributed by atoms with Crippen molar-refractivity contribution in [2.45, 2.75) is 13.1 Å². The zero-order valence-electron chi connectivity index (χ0n) is 14.9. The first-order valence-electron chi connectivity index (χ1n) is 8.53. The molecule has 1 aliphatic rings. The third kappa shape index (κ3) is 3.11. The minimum absolute atomic E-state index is 0.0982. The maximum atomic E-state index is 13.1. The van der Waals surface area contributed by atoms with Crippen LogP contribution in [0.15, 0.2) is 60.8 Å². The number of nitrogens with one attached hydrogen (secondary N) is 1. The fraction of sp³-hybridized carbons (Fsp3) is 0.143. The lowest BCUT2D eigenvalue weighted by Crippen LogP contribution is -2.32. The second-order valence-electron chi connectivity index (χ2n) is 6.32. The second kappa shape index (κ2) is 6.93. The topological polar surface area (TPSA) is 54.5 Å². The number of halogens is 1. The van der Waals surface area contributed by atoms with Crippen LogP contribution >= 0.6 is 11.6 Å². The van der Waals surface area contributed by atoms with Crippen LogP contribution in [0, 0.1) is 6.92 Å². The summed E-state index contributed by atoms with van der Waals surface area (Å²) in [5.41, 5.74) is 3.85. The van der Waals surface area contributed by atoms with E-state index >= 15 is 0 Å². The summed E-state index contributed by atoms with van der Waals surface area (Å²) in [6.07, 6.45) is 1.27. The molecule has 27 heavy (non-hydrogen) atoms. The molecule has 1 aromatic heterocycles. The molecule has 4 rings (SSSR count). The SMILES string of the molecule is COc1ccc(N2C(=O)c3cccnc3C2Nc2ccc(C)c(Cl)c2)cc1. The van der Waals surface area contributed by atoms with Crippen LogP contribution in [0.4, 0.5) is 11.4 Å².